The fraction of sp³-hybridized carbons (Fsp3) is 0.235. The summed E-state index contributed by atoms with van der Waals surface area (Å²) in [6.07, 6.45) is 1.97. The summed E-state index contributed by atoms with van der Waals surface area (Å²) in [5.41, 5.74) is 1.68. The predicted octanol–water partition coefficient (Wildman–Crippen LogP) is 3.35. The number of hydrogen-bond donors (Lipinski definition) is 2. The van der Waals surface area contributed by atoms with Gasteiger partial charge in [0.25, 0.3) is 0 Å². The van der Waals surface area contributed by atoms with Crippen LogP contribution in [0.15, 0.2) is 42.6 Å². The number of rotatable bonds is 6. The standard InChI is InChI=1S/C17H19N3O3/c1-3-16(21)19-12-9-10-15(18-11-12)20-14-8-6-5-7-13(14)17(22)23-4-2/h5-11H,3-4H2,1-2H3,(H,18,20)(H,19,21). The molecule has 0 saturated carbocycles. The number of esters is 1. The summed E-state index contributed by atoms with van der Waals surface area (Å²) in [6.45, 7) is 3.86. The molecule has 6 heteroatoms. The minimum atomic E-state index is -0.387. The van der Waals surface area contributed by atoms with Crippen molar-refractivity contribution < 1.29 is 14.3 Å². The SMILES string of the molecule is CCOC(=O)c1ccccc1Nc1ccc(NC(=O)CC)cn1. The van der Waals surface area contributed by atoms with Crippen molar-refractivity contribution in [1.82, 2.24) is 4.98 Å². The Bertz CT molecular complexity index is 684. The lowest BCUT2D eigenvalue weighted by Gasteiger charge is -2.11. The maximum absolute atomic E-state index is 11.9. The van der Waals surface area contributed by atoms with E-state index in [-0.39, 0.29) is 11.9 Å². The van der Waals surface area contributed by atoms with Gasteiger partial charge in [-0.2, -0.15) is 0 Å². The first-order chi connectivity index (χ1) is 11.1. The number of anilines is 3. The second-order valence-electron chi connectivity index (χ2n) is 4.72. The lowest BCUT2D eigenvalue weighted by atomic mass is 10.2. The third-order valence-electron chi connectivity index (χ3n) is 3.05. The number of nitrogens with zero attached hydrogens (tertiary/aromatic N) is 1. The lowest BCUT2D eigenvalue weighted by Crippen LogP contribution is -2.10. The third-order valence-corrected chi connectivity index (χ3v) is 3.05. The topological polar surface area (TPSA) is 80.3 Å². The molecule has 1 amide bonds. The summed E-state index contributed by atoms with van der Waals surface area (Å²) in [6, 6.07) is 10.5. The molecular weight excluding hydrogens is 294 g/mol. The molecule has 0 aliphatic carbocycles. The van der Waals surface area contributed by atoms with Crippen LogP contribution in [0.3, 0.4) is 0 Å². The molecule has 0 radical (unpaired) electrons. The molecule has 0 fully saturated rings. The van der Waals surface area contributed by atoms with Gasteiger partial charge in [-0.05, 0) is 31.2 Å². The van der Waals surface area contributed by atoms with Crippen molar-refractivity contribution >= 4 is 29.1 Å². The molecule has 0 unspecified atom stereocenters. The molecule has 2 N–H and O–H groups in total. The first-order valence-corrected chi connectivity index (χ1v) is 7.43. The molecule has 0 spiro atoms. The van der Waals surface area contributed by atoms with Gasteiger partial charge in [0.15, 0.2) is 0 Å². The van der Waals surface area contributed by atoms with Crippen molar-refractivity contribution in [3.8, 4) is 0 Å². The molecule has 1 aromatic heterocycles. The van der Waals surface area contributed by atoms with Gasteiger partial charge in [0.05, 0.1) is 29.7 Å². The van der Waals surface area contributed by atoms with Gasteiger partial charge in [-0.3, -0.25) is 4.79 Å². The molecule has 1 heterocycles. The van der Waals surface area contributed by atoms with Gasteiger partial charge in [0.1, 0.15) is 5.82 Å². The number of benzene rings is 1. The molecular formula is C17H19N3O3. The highest BCUT2D eigenvalue weighted by molar-refractivity contribution is 5.96. The van der Waals surface area contributed by atoms with E-state index in [9.17, 15) is 9.59 Å². The number of aromatic nitrogens is 1. The average Bonchev–Trinajstić information content (AvgIpc) is 2.57. The fourth-order valence-corrected chi connectivity index (χ4v) is 1.91. The summed E-state index contributed by atoms with van der Waals surface area (Å²) in [7, 11) is 0. The van der Waals surface area contributed by atoms with E-state index in [2.05, 4.69) is 15.6 Å². The number of pyridine rings is 1. The predicted molar refractivity (Wildman–Crippen MR) is 88.8 cm³/mol. The number of ether oxygens (including phenoxy) is 1. The maximum Gasteiger partial charge on any atom is 0.340 e. The summed E-state index contributed by atoms with van der Waals surface area (Å²) < 4.78 is 5.03. The fourth-order valence-electron chi connectivity index (χ4n) is 1.91. The van der Waals surface area contributed by atoms with Crippen LogP contribution in [0, 0.1) is 0 Å². The van der Waals surface area contributed by atoms with Crippen molar-refractivity contribution in [2.24, 2.45) is 0 Å². The second-order valence-corrected chi connectivity index (χ2v) is 4.72. The first-order valence-electron chi connectivity index (χ1n) is 7.43. The molecule has 6 nitrogen and oxygen atoms in total. The van der Waals surface area contributed by atoms with Crippen LogP contribution in [0.2, 0.25) is 0 Å². The highest BCUT2D eigenvalue weighted by Crippen LogP contribution is 2.21. The van der Waals surface area contributed by atoms with Crippen LogP contribution in [0.5, 0.6) is 0 Å². The van der Waals surface area contributed by atoms with Gasteiger partial charge < -0.3 is 15.4 Å². The van der Waals surface area contributed by atoms with E-state index in [4.69, 9.17) is 4.74 Å². The Morgan fingerprint density at radius 3 is 2.57 bits per heavy atom. The molecule has 0 atom stereocenters. The Hall–Kier alpha value is -2.89. The van der Waals surface area contributed by atoms with Gasteiger partial charge in [-0.1, -0.05) is 19.1 Å². The van der Waals surface area contributed by atoms with Crippen LogP contribution < -0.4 is 10.6 Å². The smallest absolute Gasteiger partial charge is 0.340 e. The zero-order valence-corrected chi connectivity index (χ0v) is 13.1. The zero-order chi connectivity index (χ0) is 16.7. The van der Waals surface area contributed by atoms with E-state index in [1.807, 2.05) is 6.07 Å². The van der Waals surface area contributed by atoms with Crippen LogP contribution in [0.4, 0.5) is 17.2 Å². The molecule has 120 valence electrons. The Kier molecular flexibility index (Phi) is 5.68. The lowest BCUT2D eigenvalue weighted by molar-refractivity contribution is -0.115. The molecule has 0 aliphatic heterocycles. The molecule has 23 heavy (non-hydrogen) atoms. The van der Waals surface area contributed by atoms with E-state index in [0.717, 1.165) is 0 Å². The van der Waals surface area contributed by atoms with E-state index >= 15 is 0 Å². The normalized spacial score (nSPS) is 10.0. The first kappa shape index (κ1) is 16.5. The van der Waals surface area contributed by atoms with E-state index in [1.165, 1.54) is 0 Å². The average molecular weight is 313 g/mol. The molecule has 2 rings (SSSR count). The summed E-state index contributed by atoms with van der Waals surface area (Å²) in [5.74, 6) is 0.110. The molecule has 2 aromatic rings. The number of carbonyl (C=O) groups is 2. The van der Waals surface area contributed by atoms with Crippen molar-refractivity contribution in [3.63, 3.8) is 0 Å². The molecule has 0 bridgehead atoms. The Morgan fingerprint density at radius 2 is 1.91 bits per heavy atom. The van der Waals surface area contributed by atoms with Crippen molar-refractivity contribution in [2.45, 2.75) is 20.3 Å². The largest absolute Gasteiger partial charge is 0.462 e. The Labute approximate surface area is 134 Å². The highest BCUT2D eigenvalue weighted by atomic mass is 16.5. The minimum Gasteiger partial charge on any atom is -0.462 e. The Balaban J connectivity index is 2.13. The van der Waals surface area contributed by atoms with Crippen LogP contribution in [0.25, 0.3) is 0 Å². The number of hydrogen-bond acceptors (Lipinski definition) is 5. The van der Waals surface area contributed by atoms with Crippen LogP contribution in [-0.2, 0) is 9.53 Å². The monoisotopic (exact) mass is 313 g/mol. The van der Waals surface area contributed by atoms with Crippen LogP contribution in [-0.4, -0.2) is 23.5 Å². The molecule has 1 aromatic carbocycles. The number of amides is 1. The minimum absolute atomic E-state index is 0.0693. The van der Waals surface area contributed by atoms with E-state index in [1.54, 1.807) is 50.4 Å². The van der Waals surface area contributed by atoms with Gasteiger partial charge in [-0.15, -0.1) is 0 Å². The van der Waals surface area contributed by atoms with Crippen LogP contribution >= 0.6 is 0 Å². The highest BCUT2D eigenvalue weighted by Gasteiger charge is 2.12. The number of carbonyl (C=O) groups excluding carboxylic acids is 2. The van der Waals surface area contributed by atoms with Gasteiger partial charge in [-0.25, -0.2) is 9.78 Å². The van der Waals surface area contributed by atoms with E-state index < -0.39 is 0 Å². The Morgan fingerprint density at radius 1 is 1.13 bits per heavy atom. The van der Waals surface area contributed by atoms with Crippen molar-refractivity contribution in [2.75, 3.05) is 17.2 Å². The summed E-state index contributed by atoms with van der Waals surface area (Å²) >= 11 is 0. The van der Waals surface area contributed by atoms with Gasteiger partial charge in [0.2, 0.25) is 5.91 Å². The summed E-state index contributed by atoms with van der Waals surface area (Å²) in [4.78, 5) is 27.5. The third kappa shape index (κ3) is 4.54. The summed E-state index contributed by atoms with van der Waals surface area (Å²) in [5, 5.41) is 5.81. The van der Waals surface area contributed by atoms with Crippen molar-refractivity contribution in [3.05, 3.63) is 48.2 Å². The van der Waals surface area contributed by atoms with Gasteiger partial charge in [0, 0.05) is 6.42 Å². The quantitative estimate of drug-likeness (QED) is 0.799. The van der Waals surface area contributed by atoms with Gasteiger partial charge >= 0.3 is 5.97 Å². The number of para-hydroxylation sites is 1. The maximum atomic E-state index is 11.9. The van der Waals surface area contributed by atoms with E-state index in [0.29, 0.717) is 35.8 Å². The number of nitrogens with one attached hydrogen (secondary N) is 2. The second kappa shape index (κ2) is 7.93. The van der Waals surface area contributed by atoms with Crippen molar-refractivity contribution in [1.29, 1.82) is 0 Å². The van der Waals surface area contributed by atoms with Crippen LogP contribution in [0.1, 0.15) is 30.6 Å². The zero-order valence-electron chi connectivity index (χ0n) is 13.1. The molecule has 0 aliphatic rings. The molecule has 0 saturated heterocycles.